The van der Waals surface area contributed by atoms with Crippen molar-refractivity contribution in [1.29, 1.82) is 0 Å². The van der Waals surface area contributed by atoms with E-state index in [2.05, 4.69) is 4.98 Å². The fourth-order valence-corrected chi connectivity index (χ4v) is 3.05. The van der Waals surface area contributed by atoms with Gasteiger partial charge >= 0.3 is 0 Å². The van der Waals surface area contributed by atoms with E-state index in [-0.39, 0.29) is 11.6 Å². The third-order valence-corrected chi connectivity index (χ3v) is 4.37. The highest BCUT2D eigenvalue weighted by Gasteiger charge is 2.13. The first-order chi connectivity index (χ1) is 11.5. The van der Waals surface area contributed by atoms with Crippen molar-refractivity contribution >= 4 is 0 Å². The third-order valence-electron chi connectivity index (χ3n) is 4.37. The Balaban J connectivity index is 2.02. The lowest BCUT2D eigenvalue weighted by molar-refractivity contribution is 0.474. The van der Waals surface area contributed by atoms with E-state index in [4.69, 9.17) is 0 Å². The molecule has 0 amide bonds. The predicted molar refractivity (Wildman–Crippen MR) is 94.8 cm³/mol. The molecule has 0 saturated heterocycles. The molecule has 2 nitrogen and oxygen atoms in total. The second-order valence-corrected chi connectivity index (χ2v) is 6.14. The maximum Gasteiger partial charge on any atom is 0.141 e. The standard InChI is InChI=1S/C21H20FNO/c1-13-11-14(2)20(22)15(3)18(13)12-17-9-10-19(24)21(23-17)16-7-5-4-6-8-16/h4-11,24H,12H2,1-3H3. The van der Waals surface area contributed by atoms with Crippen LogP contribution in [0.25, 0.3) is 11.3 Å². The molecule has 2 aromatic carbocycles. The van der Waals surface area contributed by atoms with Crippen LogP contribution < -0.4 is 0 Å². The molecule has 0 aliphatic rings. The van der Waals surface area contributed by atoms with E-state index in [1.807, 2.05) is 50.2 Å². The van der Waals surface area contributed by atoms with Crippen LogP contribution in [0, 0.1) is 26.6 Å². The SMILES string of the molecule is Cc1cc(C)c(Cc2ccc(O)c(-c3ccccc3)n2)c(C)c1F. The van der Waals surface area contributed by atoms with Crippen molar-refractivity contribution in [2.75, 3.05) is 0 Å². The summed E-state index contributed by atoms with van der Waals surface area (Å²) in [5.41, 5.74) is 5.57. The molecule has 0 aliphatic heterocycles. The van der Waals surface area contributed by atoms with Crippen LogP contribution in [0.5, 0.6) is 5.75 Å². The Morgan fingerprint density at radius 1 is 0.958 bits per heavy atom. The Morgan fingerprint density at radius 2 is 1.67 bits per heavy atom. The molecule has 0 aliphatic carbocycles. The van der Waals surface area contributed by atoms with Crippen molar-refractivity contribution in [3.05, 3.63) is 82.3 Å². The van der Waals surface area contributed by atoms with Gasteiger partial charge in [-0.25, -0.2) is 9.37 Å². The van der Waals surface area contributed by atoms with Gasteiger partial charge in [-0.3, -0.25) is 0 Å². The number of rotatable bonds is 3. The van der Waals surface area contributed by atoms with Gasteiger partial charge in [-0.2, -0.15) is 0 Å². The van der Waals surface area contributed by atoms with E-state index < -0.39 is 0 Å². The van der Waals surface area contributed by atoms with Crippen molar-refractivity contribution in [2.45, 2.75) is 27.2 Å². The van der Waals surface area contributed by atoms with Gasteiger partial charge < -0.3 is 5.11 Å². The maximum atomic E-state index is 14.2. The van der Waals surface area contributed by atoms with Crippen LogP contribution in [0.1, 0.15) is 27.9 Å². The first-order valence-corrected chi connectivity index (χ1v) is 7.97. The summed E-state index contributed by atoms with van der Waals surface area (Å²) in [6, 6.07) is 14.9. The van der Waals surface area contributed by atoms with Crippen LogP contribution in [0.4, 0.5) is 4.39 Å². The zero-order valence-electron chi connectivity index (χ0n) is 14.1. The van der Waals surface area contributed by atoms with Crippen molar-refractivity contribution in [3.63, 3.8) is 0 Å². The molecule has 0 atom stereocenters. The molecule has 24 heavy (non-hydrogen) atoms. The minimum Gasteiger partial charge on any atom is -0.506 e. The lowest BCUT2D eigenvalue weighted by atomic mass is 9.95. The first-order valence-electron chi connectivity index (χ1n) is 7.97. The molecule has 1 N–H and O–H groups in total. The smallest absolute Gasteiger partial charge is 0.141 e. The van der Waals surface area contributed by atoms with E-state index in [1.165, 1.54) is 0 Å². The van der Waals surface area contributed by atoms with Crippen LogP contribution in [-0.2, 0) is 6.42 Å². The maximum absolute atomic E-state index is 14.2. The summed E-state index contributed by atoms with van der Waals surface area (Å²) >= 11 is 0. The average Bonchev–Trinajstić information content (AvgIpc) is 2.59. The van der Waals surface area contributed by atoms with Crippen molar-refractivity contribution in [2.24, 2.45) is 0 Å². The Morgan fingerprint density at radius 3 is 2.38 bits per heavy atom. The number of benzene rings is 2. The minimum atomic E-state index is -0.155. The van der Waals surface area contributed by atoms with Gasteiger partial charge in [0.1, 0.15) is 17.3 Å². The fraction of sp³-hybridized carbons (Fsp3) is 0.190. The van der Waals surface area contributed by atoms with Gasteiger partial charge in [0.2, 0.25) is 0 Å². The summed E-state index contributed by atoms with van der Waals surface area (Å²) < 4.78 is 14.2. The number of aryl methyl sites for hydroxylation is 2. The number of halogens is 1. The topological polar surface area (TPSA) is 33.1 Å². The van der Waals surface area contributed by atoms with E-state index in [0.717, 1.165) is 22.4 Å². The van der Waals surface area contributed by atoms with E-state index in [0.29, 0.717) is 23.2 Å². The highest BCUT2D eigenvalue weighted by Crippen LogP contribution is 2.29. The number of aromatic hydroxyl groups is 1. The van der Waals surface area contributed by atoms with Gasteiger partial charge in [-0.1, -0.05) is 36.4 Å². The highest BCUT2D eigenvalue weighted by atomic mass is 19.1. The van der Waals surface area contributed by atoms with E-state index in [1.54, 1.807) is 19.1 Å². The Labute approximate surface area is 141 Å². The zero-order valence-corrected chi connectivity index (χ0v) is 14.1. The second-order valence-electron chi connectivity index (χ2n) is 6.14. The number of pyridine rings is 1. The number of hydrogen-bond donors (Lipinski definition) is 1. The molecular weight excluding hydrogens is 301 g/mol. The molecule has 1 heterocycles. The lowest BCUT2D eigenvalue weighted by Gasteiger charge is -2.13. The average molecular weight is 321 g/mol. The van der Waals surface area contributed by atoms with E-state index in [9.17, 15) is 9.50 Å². The minimum absolute atomic E-state index is 0.147. The fourth-order valence-electron chi connectivity index (χ4n) is 3.05. The van der Waals surface area contributed by atoms with Gasteiger partial charge in [0, 0.05) is 17.7 Å². The Bertz CT molecular complexity index is 888. The summed E-state index contributed by atoms with van der Waals surface area (Å²) in [6.07, 6.45) is 0.537. The summed E-state index contributed by atoms with van der Waals surface area (Å²) in [7, 11) is 0. The molecule has 0 fully saturated rings. The molecule has 0 unspecified atom stereocenters. The van der Waals surface area contributed by atoms with Crippen molar-refractivity contribution in [3.8, 4) is 17.0 Å². The van der Waals surface area contributed by atoms with Crippen LogP contribution in [0.3, 0.4) is 0 Å². The summed E-state index contributed by atoms with van der Waals surface area (Å²) in [5, 5.41) is 10.1. The lowest BCUT2D eigenvalue weighted by Crippen LogP contribution is -2.02. The van der Waals surface area contributed by atoms with Crippen LogP contribution in [0.2, 0.25) is 0 Å². The molecular formula is C21H20FNO. The van der Waals surface area contributed by atoms with Gasteiger partial charge in [-0.15, -0.1) is 0 Å². The number of nitrogens with zero attached hydrogens (tertiary/aromatic N) is 1. The molecule has 3 heteroatoms. The van der Waals surface area contributed by atoms with Crippen molar-refractivity contribution in [1.82, 2.24) is 4.98 Å². The monoisotopic (exact) mass is 321 g/mol. The zero-order chi connectivity index (χ0) is 17.3. The van der Waals surface area contributed by atoms with Crippen LogP contribution in [-0.4, -0.2) is 10.1 Å². The van der Waals surface area contributed by atoms with E-state index >= 15 is 0 Å². The molecule has 1 aromatic heterocycles. The van der Waals surface area contributed by atoms with Gasteiger partial charge in [0.05, 0.1) is 0 Å². The van der Waals surface area contributed by atoms with Gasteiger partial charge in [0.15, 0.2) is 0 Å². The largest absolute Gasteiger partial charge is 0.506 e. The number of hydrogen-bond acceptors (Lipinski definition) is 2. The summed E-state index contributed by atoms with van der Waals surface area (Å²) in [4.78, 5) is 4.60. The first kappa shape index (κ1) is 16.2. The molecule has 0 bridgehead atoms. The Kier molecular flexibility index (Phi) is 4.34. The quantitative estimate of drug-likeness (QED) is 0.727. The molecule has 0 saturated carbocycles. The highest BCUT2D eigenvalue weighted by molar-refractivity contribution is 5.65. The molecule has 0 spiro atoms. The Hall–Kier alpha value is -2.68. The van der Waals surface area contributed by atoms with Crippen molar-refractivity contribution < 1.29 is 9.50 Å². The molecule has 122 valence electrons. The summed E-state index contributed by atoms with van der Waals surface area (Å²) in [5.74, 6) is -0.00820. The molecule has 3 aromatic rings. The molecule has 3 rings (SSSR count). The van der Waals surface area contributed by atoms with Gasteiger partial charge in [-0.05, 0) is 55.2 Å². The van der Waals surface area contributed by atoms with Gasteiger partial charge in [0.25, 0.3) is 0 Å². The second kappa shape index (κ2) is 6.44. The van der Waals surface area contributed by atoms with Crippen LogP contribution in [0.15, 0.2) is 48.5 Å². The third kappa shape index (κ3) is 3.02. The summed E-state index contributed by atoms with van der Waals surface area (Å²) in [6.45, 7) is 5.59. The number of aromatic nitrogens is 1. The van der Waals surface area contributed by atoms with Crippen LogP contribution >= 0.6 is 0 Å². The normalized spacial score (nSPS) is 10.8. The molecule has 0 radical (unpaired) electrons. The predicted octanol–water partition coefficient (Wildman–Crippen LogP) is 5.11.